The van der Waals surface area contributed by atoms with Gasteiger partial charge in [-0.15, -0.1) is 0 Å². The number of carbonyl (C=O) groups excluding carboxylic acids is 1. The molecule has 1 fully saturated rings. The molecule has 30 heavy (non-hydrogen) atoms. The summed E-state index contributed by atoms with van der Waals surface area (Å²) in [7, 11) is -3.46. The molecule has 1 aliphatic heterocycles. The molecular weight excluding hydrogens is 400 g/mol. The molecule has 0 aliphatic carbocycles. The van der Waals surface area contributed by atoms with E-state index in [9.17, 15) is 13.2 Å². The van der Waals surface area contributed by atoms with Crippen molar-refractivity contribution in [3.8, 4) is 5.69 Å². The molecule has 7 nitrogen and oxygen atoms in total. The van der Waals surface area contributed by atoms with Gasteiger partial charge < -0.3 is 5.32 Å². The quantitative estimate of drug-likeness (QED) is 0.658. The second kappa shape index (κ2) is 8.81. The molecule has 0 unspecified atom stereocenters. The standard InChI is InChI=1S/C22H24N4O3S/c27-22(23-21-13-16-26(24-21)19-7-3-1-4-8-19)17-18-9-11-20(12-10-18)30(28,29)25-14-5-2-6-15-25/h1,3-4,7-13,16H,2,5-6,14-15,17H2,(H,23,24,27). The van der Waals surface area contributed by atoms with Crippen LogP contribution in [0.3, 0.4) is 0 Å². The van der Waals surface area contributed by atoms with Crippen LogP contribution in [0, 0.1) is 0 Å². The van der Waals surface area contributed by atoms with Gasteiger partial charge in [-0.05, 0) is 42.7 Å². The molecule has 0 saturated carbocycles. The van der Waals surface area contributed by atoms with Gasteiger partial charge in [0.1, 0.15) is 0 Å². The summed E-state index contributed by atoms with van der Waals surface area (Å²) in [5.74, 6) is 0.257. The largest absolute Gasteiger partial charge is 0.309 e. The van der Waals surface area contributed by atoms with Crippen molar-refractivity contribution < 1.29 is 13.2 Å². The van der Waals surface area contributed by atoms with E-state index in [4.69, 9.17) is 0 Å². The zero-order valence-corrected chi connectivity index (χ0v) is 17.4. The van der Waals surface area contributed by atoms with E-state index in [1.54, 1.807) is 45.5 Å². The lowest BCUT2D eigenvalue weighted by Crippen LogP contribution is -2.35. The van der Waals surface area contributed by atoms with Crippen LogP contribution < -0.4 is 5.32 Å². The van der Waals surface area contributed by atoms with Crippen molar-refractivity contribution in [3.63, 3.8) is 0 Å². The summed E-state index contributed by atoms with van der Waals surface area (Å²) in [6.07, 6.45) is 4.80. The molecule has 2 heterocycles. The third-order valence-corrected chi connectivity index (χ3v) is 7.03. The third kappa shape index (κ3) is 4.60. The molecule has 4 rings (SSSR count). The topological polar surface area (TPSA) is 84.3 Å². The maximum Gasteiger partial charge on any atom is 0.243 e. The van der Waals surface area contributed by atoms with Crippen molar-refractivity contribution in [2.24, 2.45) is 0 Å². The summed E-state index contributed by atoms with van der Waals surface area (Å²) >= 11 is 0. The molecule has 1 saturated heterocycles. The minimum absolute atomic E-state index is 0.141. The Kier molecular flexibility index (Phi) is 5.96. The van der Waals surface area contributed by atoms with Crippen LogP contribution in [0.15, 0.2) is 71.8 Å². The van der Waals surface area contributed by atoms with Crippen molar-refractivity contribution in [1.29, 1.82) is 0 Å². The van der Waals surface area contributed by atoms with Crippen LogP contribution in [0.4, 0.5) is 5.82 Å². The van der Waals surface area contributed by atoms with Gasteiger partial charge in [-0.1, -0.05) is 36.8 Å². The van der Waals surface area contributed by atoms with Gasteiger partial charge in [0.05, 0.1) is 17.0 Å². The Bertz CT molecular complexity index is 1100. The van der Waals surface area contributed by atoms with Crippen molar-refractivity contribution >= 4 is 21.7 Å². The van der Waals surface area contributed by atoms with E-state index in [0.29, 0.717) is 18.9 Å². The predicted octanol–water partition coefficient (Wildman–Crippen LogP) is 3.23. The Morgan fingerprint density at radius 3 is 2.33 bits per heavy atom. The number of sulfonamides is 1. The molecule has 8 heteroatoms. The van der Waals surface area contributed by atoms with Gasteiger partial charge in [0.15, 0.2) is 5.82 Å². The van der Waals surface area contributed by atoms with Crippen LogP contribution >= 0.6 is 0 Å². The van der Waals surface area contributed by atoms with Crippen LogP contribution in [0.1, 0.15) is 24.8 Å². The molecule has 3 aromatic rings. The number of hydrogen-bond donors (Lipinski definition) is 1. The zero-order valence-electron chi connectivity index (χ0n) is 16.6. The van der Waals surface area contributed by atoms with E-state index in [-0.39, 0.29) is 17.2 Å². The van der Waals surface area contributed by atoms with Gasteiger partial charge in [-0.25, -0.2) is 13.1 Å². The Morgan fingerprint density at radius 2 is 1.63 bits per heavy atom. The van der Waals surface area contributed by atoms with E-state index in [1.807, 2.05) is 30.3 Å². The number of nitrogens with one attached hydrogen (secondary N) is 1. The maximum absolute atomic E-state index is 12.7. The second-order valence-corrected chi connectivity index (χ2v) is 9.25. The van der Waals surface area contributed by atoms with Crippen LogP contribution in [0.25, 0.3) is 5.69 Å². The first-order chi connectivity index (χ1) is 14.5. The van der Waals surface area contributed by atoms with E-state index >= 15 is 0 Å². The van der Waals surface area contributed by atoms with Gasteiger partial charge in [0, 0.05) is 25.4 Å². The number of anilines is 1. The molecule has 0 radical (unpaired) electrons. The van der Waals surface area contributed by atoms with E-state index in [0.717, 1.165) is 30.5 Å². The lowest BCUT2D eigenvalue weighted by molar-refractivity contribution is -0.115. The van der Waals surface area contributed by atoms with Crippen molar-refractivity contribution in [2.75, 3.05) is 18.4 Å². The molecule has 156 valence electrons. The van der Waals surface area contributed by atoms with Crippen molar-refractivity contribution in [3.05, 3.63) is 72.4 Å². The Hall–Kier alpha value is -2.97. The normalized spacial score (nSPS) is 15.1. The minimum atomic E-state index is -3.46. The summed E-state index contributed by atoms with van der Waals surface area (Å²) in [4.78, 5) is 12.6. The Morgan fingerprint density at radius 1 is 0.933 bits per heavy atom. The van der Waals surface area contributed by atoms with E-state index < -0.39 is 10.0 Å². The first-order valence-electron chi connectivity index (χ1n) is 10.0. The summed E-state index contributed by atoms with van der Waals surface area (Å²) < 4.78 is 28.7. The highest BCUT2D eigenvalue weighted by atomic mass is 32.2. The fourth-order valence-corrected chi connectivity index (χ4v) is 5.04. The average molecular weight is 425 g/mol. The number of hydrogen-bond acceptors (Lipinski definition) is 4. The van der Waals surface area contributed by atoms with Gasteiger partial charge in [0.2, 0.25) is 15.9 Å². The third-order valence-electron chi connectivity index (χ3n) is 5.12. The molecule has 1 aromatic heterocycles. The molecule has 0 spiro atoms. The summed E-state index contributed by atoms with van der Waals surface area (Å²) in [5.41, 5.74) is 1.65. The van der Waals surface area contributed by atoms with Crippen LogP contribution in [0.5, 0.6) is 0 Å². The van der Waals surface area contributed by atoms with Gasteiger partial charge >= 0.3 is 0 Å². The number of amides is 1. The smallest absolute Gasteiger partial charge is 0.243 e. The first-order valence-corrected chi connectivity index (χ1v) is 11.5. The summed E-state index contributed by atoms with van der Waals surface area (Å²) in [6, 6.07) is 17.9. The number of nitrogens with zero attached hydrogens (tertiary/aromatic N) is 3. The molecule has 2 aromatic carbocycles. The van der Waals surface area contributed by atoms with Crippen molar-refractivity contribution in [2.45, 2.75) is 30.6 Å². The highest BCUT2D eigenvalue weighted by molar-refractivity contribution is 7.89. The molecular formula is C22H24N4O3S. The predicted molar refractivity (Wildman–Crippen MR) is 115 cm³/mol. The average Bonchev–Trinajstić information content (AvgIpc) is 3.24. The van der Waals surface area contributed by atoms with E-state index in [1.165, 1.54) is 0 Å². The zero-order chi connectivity index (χ0) is 21.0. The number of carbonyl (C=O) groups is 1. The Labute approximate surface area is 176 Å². The fourth-order valence-electron chi connectivity index (χ4n) is 3.52. The number of para-hydroxylation sites is 1. The lowest BCUT2D eigenvalue weighted by atomic mass is 10.1. The molecule has 0 bridgehead atoms. The van der Waals surface area contributed by atoms with Crippen LogP contribution in [-0.4, -0.2) is 41.5 Å². The maximum atomic E-state index is 12.7. The highest BCUT2D eigenvalue weighted by Gasteiger charge is 2.25. The highest BCUT2D eigenvalue weighted by Crippen LogP contribution is 2.21. The fraction of sp³-hybridized carbons (Fsp3) is 0.273. The van der Waals surface area contributed by atoms with Crippen molar-refractivity contribution in [1.82, 2.24) is 14.1 Å². The molecule has 0 atom stereocenters. The molecule has 1 N–H and O–H groups in total. The number of aromatic nitrogens is 2. The van der Waals surface area contributed by atoms with Gasteiger partial charge in [-0.3, -0.25) is 4.79 Å². The Balaban J connectivity index is 1.38. The minimum Gasteiger partial charge on any atom is -0.309 e. The summed E-state index contributed by atoms with van der Waals surface area (Å²) in [6.45, 7) is 1.14. The number of benzene rings is 2. The first kappa shape index (κ1) is 20.3. The van der Waals surface area contributed by atoms with E-state index in [2.05, 4.69) is 10.4 Å². The van der Waals surface area contributed by atoms with Crippen LogP contribution in [-0.2, 0) is 21.2 Å². The lowest BCUT2D eigenvalue weighted by Gasteiger charge is -2.25. The SMILES string of the molecule is O=C(Cc1ccc(S(=O)(=O)N2CCCCC2)cc1)Nc1ccn(-c2ccccc2)n1. The molecule has 1 aliphatic rings. The second-order valence-electron chi connectivity index (χ2n) is 7.31. The molecule has 1 amide bonds. The monoisotopic (exact) mass is 424 g/mol. The number of rotatable bonds is 6. The number of piperidine rings is 1. The van der Waals surface area contributed by atoms with Gasteiger partial charge in [0.25, 0.3) is 0 Å². The van der Waals surface area contributed by atoms with Crippen LogP contribution in [0.2, 0.25) is 0 Å². The summed E-state index contributed by atoms with van der Waals surface area (Å²) in [5, 5.41) is 7.14. The van der Waals surface area contributed by atoms with Gasteiger partial charge in [-0.2, -0.15) is 9.40 Å².